The number of hydrogen-bond acceptors (Lipinski definition) is 5. The number of nitrogens with zero attached hydrogens (tertiary/aromatic N) is 1. The molecule has 0 aliphatic carbocycles. The van der Waals surface area contributed by atoms with Crippen molar-refractivity contribution in [1.82, 2.24) is 4.98 Å². The van der Waals surface area contributed by atoms with E-state index in [1.165, 1.54) is 6.20 Å². The molecule has 1 aromatic carbocycles. The van der Waals surface area contributed by atoms with E-state index >= 15 is 0 Å². The molecule has 0 fully saturated rings. The fourth-order valence-electron chi connectivity index (χ4n) is 1.74. The average Bonchev–Trinajstić information content (AvgIpc) is 2.58. The van der Waals surface area contributed by atoms with E-state index in [0.717, 1.165) is 6.42 Å². The predicted molar refractivity (Wildman–Crippen MR) is 92.1 cm³/mol. The third kappa shape index (κ3) is 5.01. The number of hydrogen-bond donors (Lipinski definition) is 0. The Morgan fingerprint density at radius 1 is 1.17 bits per heavy atom. The van der Waals surface area contributed by atoms with Crippen LogP contribution in [0, 0.1) is 0 Å². The van der Waals surface area contributed by atoms with Crippen molar-refractivity contribution in [2.75, 3.05) is 6.61 Å². The summed E-state index contributed by atoms with van der Waals surface area (Å²) in [5.41, 5.74) is 0. The van der Waals surface area contributed by atoms with Crippen molar-refractivity contribution in [3.05, 3.63) is 46.6 Å². The van der Waals surface area contributed by atoms with Gasteiger partial charge in [-0.2, -0.15) is 0 Å². The number of ether oxygens (including phenoxy) is 3. The molecule has 5 nitrogen and oxygen atoms in total. The normalized spacial score (nSPS) is 11.7. The topological polar surface area (TPSA) is 57.7 Å². The van der Waals surface area contributed by atoms with E-state index in [4.69, 9.17) is 37.4 Å². The van der Waals surface area contributed by atoms with Crippen LogP contribution >= 0.6 is 23.2 Å². The summed E-state index contributed by atoms with van der Waals surface area (Å²) in [4.78, 5) is 15.7. The van der Waals surface area contributed by atoms with Crippen LogP contribution in [0.15, 0.2) is 36.5 Å². The second kappa shape index (κ2) is 8.76. The number of halogens is 2. The van der Waals surface area contributed by atoms with Crippen LogP contribution in [-0.4, -0.2) is 23.7 Å². The summed E-state index contributed by atoms with van der Waals surface area (Å²) in [7, 11) is 0. The minimum atomic E-state index is -0.688. The van der Waals surface area contributed by atoms with Gasteiger partial charge in [0.05, 0.1) is 11.6 Å². The Bertz CT molecular complexity index is 691. The molecule has 0 radical (unpaired) electrons. The lowest BCUT2D eigenvalue weighted by atomic mass is 10.3. The molecule has 1 aromatic heterocycles. The Morgan fingerprint density at radius 3 is 2.50 bits per heavy atom. The molecule has 0 spiro atoms. The summed E-state index contributed by atoms with van der Waals surface area (Å²) >= 11 is 11.9. The van der Waals surface area contributed by atoms with Gasteiger partial charge in [0.25, 0.3) is 0 Å². The van der Waals surface area contributed by atoms with Crippen LogP contribution in [0.3, 0.4) is 0 Å². The quantitative estimate of drug-likeness (QED) is 0.649. The Hall–Kier alpha value is -1.98. The molecule has 0 bridgehead atoms. The van der Waals surface area contributed by atoms with E-state index in [0.29, 0.717) is 23.1 Å². The lowest BCUT2D eigenvalue weighted by Crippen LogP contribution is -2.26. The summed E-state index contributed by atoms with van der Waals surface area (Å²) in [6.45, 7) is 3.95. The lowest BCUT2D eigenvalue weighted by molar-refractivity contribution is -0.151. The van der Waals surface area contributed by atoms with Gasteiger partial charge in [-0.3, -0.25) is 0 Å². The van der Waals surface area contributed by atoms with E-state index < -0.39 is 12.1 Å². The van der Waals surface area contributed by atoms with E-state index in [-0.39, 0.29) is 10.9 Å². The number of esters is 1. The van der Waals surface area contributed by atoms with Gasteiger partial charge in [-0.15, -0.1) is 0 Å². The van der Waals surface area contributed by atoms with E-state index in [2.05, 4.69) is 4.98 Å². The first-order valence-corrected chi connectivity index (χ1v) is 8.18. The molecule has 2 aromatic rings. The summed E-state index contributed by atoms with van der Waals surface area (Å²) in [6, 6.07) is 8.29. The molecule has 0 N–H and O–H groups in total. The summed E-state index contributed by atoms with van der Waals surface area (Å²) < 4.78 is 16.1. The minimum absolute atomic E-state index is 0.217. The van der Waals surface area contributed by atoms with Crippen molar-refractivity contribution < 1.29 is 19.0 Å². The fraction of sp³-hybridized carbons (Fsp3) is 0.294. The molecule has 0 amide bonds. The summed E-state index contributed by atoms with van der Waals surface area (Å²) in [5, 5.41) is 0.604. The maximum atomic E-state index is 11.7. The number of pyridine rings is 1. The number of benzene rings is 1. The average molecular weight is 370 g/mol. The van der Waals surface area contributed by atoms with Crippen LogP contribution in [-0.2, 0) is 9.53 Å². The number of aromatic nitrogens is 1. The van der Waals surface area contributed by atoms with Gasteiger partial charge in [0.1, 0.15) is 16.5 Å². The van der Waals surface area contributed by atoms with E-state index in [9.17, 15) is 4.79 Å². The Labute approximate surface area is 150 Å². The molecule has 0 saturated carbocycles. The van der Waals surface area contributed by atoms with Crippen molar-refractivity contribution >= 4 is 29.2 Å². The molecule has 7 heteroatoms. The number of carbonyl (C=O) groups excluding carboxylic acids is 1. The van der Waals surface area contributed by atoms with Gasteiger partial charge in [0.15, 0.2) is 6.10 Å². The Balaban J connectivity index is 1.98. The third-order valence-electron chi connectivity index (χ3n) is 2.94. The number of carbonyl (C=O) groups is 1. The first-order valence-electron chi connectivity index (χ1n) is 7.42. The molecule has 1 heterocycles. The van der Waals surface area contributed by atoms with Crippen molar-refractivity contribution in [3.8, 4) is 17.4 Å². The van der Waals surface area contributed by atoms with Gasteiger partial charge < -0.3 is 14.2 Å². The van der Waals surface area contributed by atoms with Crippen LogP contribution in [0.5, 0.6) is 17.4 Å². The highest BCUT2D eigenvalue weighted by atomic mass is 35.5. The predicted octanol–water partition coefficient (Wildman–Crippen LogP) is 4.90. The molecule has 0 aliphatic heterocycles. The van der Waals surface area contributed by atoms with Gasteiger partial charge >= 0.3 is 5.97 Å². The standard InChI is InChI=1S/C17H17Cl2NO4/c1-3-10-22-17(21)11(2)23-12-4-6-13(7-5-12)24-16-15(19)14(18)8-9-20-16/h4-9,11H,3,10H2,1-2H3. The zero-order chi connectivity index (χ0) is 17.5. The largest absolute Gasteiger partial charge is 0.479 e. The maximum Gasteiger partial charge on any atom is 0.347 e. The van der Waals surface area contributed by atoms with E-state index in [1.54, 1.807) is 37.3 Å². The molecule has 0 aliphatic rings. The smallest absolute Gasteiger partial charge is 0.347 e. The van der Waals surface area contributed by atoms with Crippen LogP contribution in [0.2, 0.25) is 10.0 Å². The van der Waals surface area contributed by atoms with Gasteiger partial charge in [-0.05, 0) is 43.7 Å². The molecule has 0 saturated heterocycles. The van der Waals surface area contributed by atoms with Crippen molar-refractivity contribution in [1.29, 1.82) is 0 Å². The fourth-order valence-corrected chi connectivity index (χ4v) is 2.03. The first-order chi connectivity index (χ1) is 11.5. The highest BCUT2D eigenvalue weighted by Crippen LogP contribution is 2.33. The highest BCUT2D eigenvalue weighted by Gasteiger charge is 2.16. The molecule has 2 rings (SSSR count). The van der Waals surface area contributed by atoms with Crippen LogP contribution in [0.1, 0.15) is 20.3 Å². The number of rotatable bonds is 7. The Kier molecular flexibility index (Phi) is 6.70. The molecule has 1 atom stereocenters. The Morgan fingerprint density at radius 2 is 1.83 bits per heavy atom. The first kappa shape index (κ1) is 18.4. The van der Waals surface area contributed by atoms with Crippen LogP contribution in [0.25, 0.3) is 0 Å². The monoisotopic (exact) mass is 369 g/mol. The minimum Gasteiger partial charge on any atom is -0.479 e. The van der Waals surface area contributed by atoms with Crippen LogP contribution in [0.4, 0.5) is 0 Å². The SMILES string of the molecule is CCCOC(=O)C(C)Oc1ccc(Oc2nccc(Cl)c2Cl)cc1. The van der Waals surface area contributed by atoms with Crippen molar-refractivity contribution in [2.24, 2.45) is 0 Å². The highest BCUT2D eigenvalue weighted by molar-refractivity contribution is 6.42. The van der Waals surface area contributed by atoms with Gasteiger partial charge in [0.2, 0.25) is 5.88 Å². The molecule has 128 valence electrons. The van der Waals surface area contributed by atoms with Crippen LogP contribution < -0.4 is 9.47 Å². The van der Waals surface area contributed by atoms with Crippen molar-refractivity contribution in [2.45, 2.75) is 26.4 Å². The lowest BCUT2D eigenvalue weighted by Gasteiger charge is -2.14. The molecular weight excluding hydrogens is 353 g/mol. The third-order valence-corrected chi connectivity index (χ3v) is 3.72. The van der Waals surface area contributed by atoms with Gasteiger partial charge in [0, 0.05) is 6.20 Å². The molecule has 24 heavy (non-hydrogen) atoms. The summed E-state index contributed by atoms with van der Waals surface area (Å²) in [6.07, 6.45) is 1.59. The zero-order valence-electron chi connectivity index (χ0n) is 13.3. The molecule has 1 unspecified atom stereocenters. The van der Waals surface area contributed by atoms with Gasteiger partial charge in [-0.25, -0.2) is 9.78 Å². The maximum absolute atomic E-state index is 11.7. The van der Waals surface area contributed by atoms with Crippen molar-refractivity contribution in [3.63, 3.8) is 0 Å². The van der Waals surface area contributed by atoms with E-state index in [1.807, 2.05) is 6.92 Å². The summed E-state index contributed by atoms with van der Waals surface area (Å²) in [5.74, 6) is 0.857. The zero-order valence-corrected chi connectivity index (χ0v) is 14.8. The van der Waals surface area contributed by atoms with Gasteiger partial charge in [-0.1, -0.05) is 30.1 Å². The second-order valence-electron chi connectivity index (χ2n) is 4.91. The second-order valence-corrected chi connectivity index (χ2v) is 5.70. The molecular formula is C17H17Cl2NO4.